The monoisotopic (exact) mass is 214 g/mol. The van der Waals surface area contributed by atoms with Crippen molar-refractivity contribution in [2.75, 3.05) is 20.6 Å². The van der Waals surface area contributed by atoms with Gasteiger partial charge in [-0.2, -0.15) is 0 Å². The van der Waals surface area contributed by atoms with E-state index in [1.165, 1.54) is 25.7 Å². The average molecular weight is 214 g/mol. The van der Waals surface area contributed by atoms with Gasteiger partial charge in [0.2, 0.25) is 0 Å². The third-order valence-corrected chi connectivity index (χ3v) is 3.36. The molecular formula is C12H26N2O. The molecule has 0 heterocycles. The molecule has 0 aromatic rings. The summed E-state index contributed by atoms with van der Waals surface area (Å²) in [6, 6.07) is 1.36. The molecule has 0 amide bonds. The van der Waals surface area contributed by atoms with Crippen LogP contribution in [0.25, 0.3) is 0 Å². The summed E-state index contributed by atoms with van der Waals surface area (Å²) in [4.78, 5) is 2.31. The summed E-state index contributed by atoms with van der Waals surface area (Å²) in [7, 11) is 4.17. The summed E-state index contributed by atoms with van der Waals surface area (Å²) in [5.41, 5.74) is -0.575. The molecule has 3 heteroatoms. The summed E-state index contributed by atoms with van der Waals surface area (Å²) in [5.74, 6) is 0. The molecule has 2 N–H and O–H groups in total. The summed E-state index contributed by atoms with van der Waals surface area (Å²) >= 11 is 0. The Morgan fingerprint density at radius 3 is 2.20 bits per heavy atom. The Hall–Kier alpha value is -0.120. The van der Waals surface area contributed by atoms with E-state index in [9.17, 15) is 5.11 Å². The molecule has 90 valence electrons. The Morgan fingerprint density at radius 1 is 1.27 bits per heavy atom. The lowest BCUT2D eigenvalue weighted by Crippen LogP contribution is -2.45. The van der Waals surface area contributed by atoms with E-state index in [-0.39, 0.29) is 0 Å². The fourth-order valence-electron chi connectivity index (χ4n) is 2.54. The zero-order valence-electron chi connectivity index (χ0n) is 10.6. The van der Waals surface area contributed by atoms with Crippen LogP contribution >= 0.6 is 0 Å². The van der Waals surface area contributed by atoms with Crippen molar-refractivity contribution in [1.82, 2.24) is 10.2 Å². The SMILES string of the molecule is CNC1CCC(N(C)CC(C)(C)O)CC1. The lowest BCUT2D eigenvalue weighted by Gasteiger charge is -2.37. The van der Waals surface area contributed by atoms with Gasteiger partial charge < -0.3 is 15.3 Å². The van der Waals surface area contributed by atoms with E-state index in [1.54, 1.807) is 0 Å². The maximum Gasteiger partial charge on any atom is 0.0718 e. The molecule has 3 nitrogen and oxygen atoms in total. The minimum Gasteiger partial charge on any atom is -0.389 e. The molecule has 0 radical (unpaired) electrons. The molecule has 0 saturated heterocycles. The number of aliphatic hydroxyl groups is 1. The topological polar surface area (TPSA) is 35.5 Å². The number of nitrogens with one attached hydrogen (secondary N) is 1. The van der Waals surface area contributed by atoms with Crippen molar-refractivity contribution in [2.45, 2.75) is 57.2 Å². The van der Waals surface area contributed by atoms with Crippen LogP contribution < -0.4 is 5.32 Å². The van der Waals surface area contributed by atoms with Gasteiger partial charge >= 0.3 is 0 Å². The second-order valence-electron chi connectivity index (χ2n) is 5.52. The van der Waals surface area contributed by atoms with Gasteiger partial charge in [0.05, 0.1) is 5.60 Å². The molecule has 1 saturated carbocycles. The molecule has 0 aliphatic heterocycles. The van der Waals surface area contributed by atoms with E-state index in [0.29, 0.717) is 12.1 Å². The van der Waals surface area contributed by atoms with Crippen LogP contribution in [0.15, 0.2) is 0 Å². The van der Waals surface area contributed by atoms with E-state index in [0.717, 1.165) is 6.54 Å². The Bertz CT molecular complexity index is 181. The van der Waals surface area contributed by atoms with Gasteiger partial charge in [0, 0.05) is 18.6 Å². The van der Waals surface area contributed by atoms with E-state index < -0.39 is 5.60 Å². The molecule has 1 aliphatic rings. The van der Waals surface area contributed by atoms with Crippen LogP contribution in [0, 0.1) is 0 Å². The van der Waals surface area contributed by atoms with Crippen molar-refractivity contribution < 1.29 is 5.11 Å². The molecule has 1 rings (SSSR count). The highest BCUT2D eigenvalue weighted by Crippen LogP contribution is 2.23. The zero-order chi connectivity index (χ0) is 11.5. The minimum atomic E-state index is -0.575. The first-order chi connectivity index (χ1) is 6.92. The van der Waals surface area contributed by atoms with Gasteiger partial charge in [-0.25, -0.2) is 0 Å². The van der Waals surface area contributed by atoms with Crippen molar-refractivity contribution in [1.29, 1.82) is 0 Å². The molecule has 1 aliphatic carbocycles. The molecule has 1 fully saturated rings. The first-order valence-corrected chi connectivity index (χ1v) is 6.02. The van der Waals surface area contributed by atoms with Crippen molar-refractivity contribution in [2.24, 2.45) is 0 Å². The number of hydrogen-bond acceptors (Lipinski definition) is 3. The Morgan fingerprint density at radius 2 is 1.80 bits per heavy atom. The van der Waals surface area contributed by atoms with Crippen LogP contribution in [-0.4, -0.2) is 48.3 Å². The van der Waals surface area contributed by atoms with Gasteiger partial charge in [0.1, 0.15) is 0 Å². The molecule has 0 atom stereocenters. The largest absolute Gasteiger partial charge is 0.389 e. The zero-order valence-corrected chi connectivity index (χ0v) is 10.6. The van der Waals surface area contributed by atoms with E-state index in [2.05, 4.69) is 17.3 Å². The molecule has 0 unspecified atom stereocenters. The molecule has 0 bridgehead atoms. The normalized spacial score (nSPS) is 28.4. The van der Waals surface area contributed by atoms with Crippen LogP contribution in [0.2, 0.25) is 0 Å². The maximum atomic E-state index is 9.76. The molecule has 15 heavy (non-hydrogen) atoms. The Balaban J connectivity index is 2.33. The van der Waals surface area contributed by atoms with Crippen LogP contribution in [0.5, 0.6) is 0 Å². The van der Waals surface area contributed by atoms with Gasteiger partial charge in [0.25, 0.3) is 0 Å². The van der Waals surface area contributed by atoms with Crippen LogP contribution in [0.4, 0.5) is 0 Å². The molecule has 0 aromatic heterocycles. The number of nitrogens with zero attached hydrogens (tertiary/aromatic N) is 1. The predicted octanol–water partition coefficient (Wildman–Crippen LogP) is 1.22. The van der Waals surface area contributed by atoms with Crippen LogP contribution in [0.1, 0.15) is 39.5 Å². The summed E-state index contributed by atoms with van der Waals surface area (Å²) in [6.45, 7) is 4.52. The van der Waals surface area contributed by atoms with E-state index >= 15 is 0 Å². The van der Waals surface area contributed by atoms with E-state index in [1.807, 2.05) is 20.9 Å². The van der Waals surface area contributed by atoms with Crippen molar-refractivity contribution in [3.63, 3.8) is 0 Å². The lowest BCUT2D eigenvalue weighted by atomic mass is 9.90. The Labute approximate surface area is 93.9 Å². The fraction of sp³-hybridized carbons (Fsp3) is 1.00. The standard InChI is InChI=1S/C12H26N2O/c1-12(2,15)9-14(4)11-7-5-10(13-3)6-8-11/h10-11,13,15H,5-9H2,1-4H3. The Kier molecular flexibility index (Phi) is 4.56. The molecule has 0 spiro atoms. The maximum absolute atomic E-state index is 9.76. The van der Waals surface area contributed by atoms with Crippen molar-refractivity contribution in [3.05, 3.63) is 0 Å². The van der Waals surface area contributed by atoms with Gasteiger partial charge in [0.15, 0.2) is 0 Å². The van der Waals surface area contributed by atoms with Gasteiger partial charge in [-0.05, 0) is 53.6 Å². The summed E-state index contributed by atoms with van der Waals surface area (Å²) in [5, 5.41) is 13.1. The number of hydrogen-bond donors (Lipinski definition) is 2. The predicted molar refractivity (Wildman–Crippen MR) is 64.0 cm³/mol. The smallest absolute Gasteiger partial charge is 0.0718 e. The molecule has 0 aromatic carbocycles. The quantitative estimate of drug-likeness (QED) is 0.738. The number of likely N-dealkylation sites (N-methyl/N-ethyl adjacent to an activating group) is 1. The fourth-order valence-corrected chi connectivity index (χ4v) is 2.54. The van der Waals surface area contributed by atoms with Crippen molar-refractivity contribution in [3.8, 4) is 0 Å². The third-order valence-electron chi connectivity index (χ3n) is 3.36. The number of rotatable bonds is 4. The average Bonchev–Trinajstić information content (AvgIpc) is 2.15. The third kappa shape index (κ3) is 4.49. The molecular weight excluding hydrogens is 188 g/mol. The highest BCUT2D eigenvalue weighted by molar-refractivity contribution is 4.83. The summed E-state index contributed by atoms with van der Waals surface area (Å²) in [6.07, 6.45) is 5.02. The van der Waals surface area contributed by atoms with E-state index in [4.69, 9.17) is 0 Å². The second kappa shape index (κ2) is 5.28. The minimum absolute atomic E-state index is 0.575. The van der Waals surface area contributed by atoms with Gasteiger partial charge in [-0.15, -0.1) is 0 Å². The highest BCUT2D eigenvalue weighted by Gasteiger charge is 2.26. The van der Waals surface area contributed by atoms with Gasteiger partial charge in [-0.3, -0.25) is 0 Å². The second-order valence-corrected chi connectivity index (χ2v) is 5.52. The lowest BCUT2D eigenvalue weighted by molar-refractivity contribution is 0.0239. The summed E-state index contributed by atoms with van der Waals surface area (Å²) < 4.78 is 0. The van der Waals surface area contributed by atoms with Gasteiger partial charge in [-0.1, -0.05) is 0 Å². The van der Waals surface area contributed by atoms with Crippen LogP contribution in [-0.2, 0) is 0 Å². The van der Waals surface area contributed by atoms with Crippen molar-refractivity contribution >= 4 is 0 Å². The first-order valence-electron chi connectivity index (χ1n) is 6.02. The first kappa shape index (κ1) is 12.9. The van der Waals surface area contributed by atoms with Crippen LogP contribution in [0.3, 0.4) is 0 Å². The highest BCUT2D eigenvalue weighted by atomic mass is 16.3.